The summed E-state index contributed by atoms with van der Waals surface area (Å²) < 4.78 is 19.3. The van der Waals surface area contributed by atoms with E-state index in [1.54, 1.807) is 17.3 Å². The number of aliphatic hydroxyl groups is 2. The van der Waals surface area contributed by atoms with E-state index in [0.717, 1.165) is 12.1 Å². The highest BCUT2D eigenvalue weighted by atomic mass is 19.1. The molecule has 0 spiro atoms. The number of rotatable bonds is 3. The molecule has 2 aromatic rings. The van der Waals surface area contributed by atoms with Gasteiger partial charge in [0.15, 0.2) is 0 Å². The summed E-state index contributed by atoms with van der Waals surface area (Å²) in [6, 6.07) is 2.90. The fraction of sp³-hybridized carbons (Fsp3) is 0.536. The highest BCUT2D eigenvalue weighted by Gasteiger charge is 2.47. The van der Waals surface area contributed by atoms with E-state index in [0.29, 0.717) is 25.3 Å². The van der Waals surface area contributed by atoms with Gasteiger partial charge in [-0.25, -0.2) is 9.37 Å². The number of nitrogens with one attached hydrogen (secondary N) is 3. The minimum Gasteiger partial charge on any atom is -0.388 e. The number of imidazole rings is 1. The molecular weight excluding hydrogens is 565 g/mol. The molecule has 4 saturated heterocycles. The zero-order valence-electron chi connectivity index (χ0n) is 23.3. The second kappa shape index (κ2) is 12.0. The Morgan fingerprint density at radius 2 is 1.81 bits per heavy atom. The molecule has 0 saturated carbocycles. The summed E-state index contributed by atoms with van der Waals surface area (Å²) in [6.45, 7) is 0.597. The van der Waals surface area contributed by atoms with Gasteiger partial charge in [0, 0.05) is 50.2 Å². The number of aromatic amines is 1. The summed E-state index contributed by atoms with van der Waals surface area (Å²) in [5.74, 6) is -1.56. The zero-order chi connectivity index (χ0) is 30.2. The van der Waals surface area contributed by atoms with Crippen LogP contribution in [0.2, 0.25) is 0 Å². The number of amides is 4. The number of halogens is 1. The molecule has 0 unspecified atom stereocenters. The monoisotopic (exact) mass is 599 g/mol. The number of hydrogen-bond donors (Lipinski definition) is 5. The molecule has 4 aliphatic rings. The van der Waals surface area contributed by atoms with Crippen LogP contribution in [0, 0.1) is 5.82 Å². The highest BCUT2D eigenvalue weighted by molar-refractivity contribution is 5.98. The first kappa shape index (κ1) is 29.2. The van der Waals surface area contributed by atoms with Gasteiger partial charge in [0.05, 0.1) is 31.7 Å². The number of nitrogens with zero attached hydrogens (tertiary/aromatic N) is 4. The van der Waals surface area contributed by atoms with Crippen molar-refractivity contribution in [2.75, 3.05) is 32.7 Å². The van der Waals surface area contributed by atoms with Gasteiger partial charge in [0.1, 0.15) is 36.0 Å². The molecule has 6 rings (SSSR count). The van der Waals surface area contributed by atoms with Crippen molar-refractivity contribution < 1.29 is 38.5 Å². The van der Waals surface area contributed by atoms with Crippen molar-refractivity contribution in [2.24, 2.45) is 0 Å². The molecule has 0 aliphatic carbocycles. The molecule has 4 aliphatic heterocycles. The van der Waals surface area contributed by atoms with E-state index in [-0.39, 0.29) is 50.1 Å². The Kier molecular flexibility index (Phi) is 8.13. The van der Waals surface area contributed by atoms with Gasteiger partial charge >= 0.3 is 0 Å². The second-order valence-corrected chi connectivity index (χ2v) is 11.4. The topological polar surface area (TPSA) is 180 Å². The van der Waals surface area contributed by atoms with Crippen LogP contribution in [-0.2, 0) is 25.7 Å². The van der Waals surface area contributed by atoms with E-state index in [2.05, 4.69) is 20.6 Å². The Hall–Kier alpha value is -3.92. The molecule has 15 heteroatoms. The smallest absolute Gasteiger partial charge is 0.254 e. The lowest BCUT2D eigenvalue weighted by atomic mass is 10.0. The summed E-state index contributed by atoms with van der Waals surface area (Å²) >= 11 is 0. The molecule has 1 aromatic carbocycles. The third-order valence-electron chi connectivity index (χ3n) is 8.63. The number of likely N-dealkylation sites (tertiary alicyclic amines) is 1. The number of aromatic nitrogens is 2. The molecule has 5 heterocycles. The Balaban J connectivity index is 1.29. The largest absolute Gasteiger partial charge is 0.388 e. The normalized spacial score (nSPS) is 32.1. The van der Waals surface area contributed by atoms with E-state index in [1.807, 2.05) is 4.90 Å². The number of H-pyrrole nitrogens is 1. The average Bonchev–Trinajstić information content (AvgIpc) is 3.72. The lowest BCUT2D eigenvalue weighted by molar-refractivity contribution is -0.141. The van der Waals surface area contributed by atoms with Crippen molar-refractivity contribution >= 4 is 23.6 Å². The number of fused-ring (bicyclic) bond motifs is 6. The standard InChI is InChI=1S/C28H34FN7O7/c29-16-3-1-15(2-4-16)27(41)36-8-7-34-13-19(36)26(40)32-11-21-25(39)24(38)20(43-21)10-23(37)33-17-9-18(28(34)42)35(12-17)14-22-30-5-6-31-22/h1-6,17-21,24-25,38-39H,7-14H2,(H,30,31)(H,32,40)(H,33,37)/t17-,18-,19-,20-,21+,24-,25+/m0/s1. The van der Waals surface area contributed by atoms with E-state index < -0.39 is 60.0 Å². The minimum absolute atomic E-state index is 0.0500. The second-order valence-electron chi connectivity index (χ2n) is 11.4. The molecule has 5 N–H and O–H groups in total. The van der Waals surface area contributed by atoms with Crippen LogP contribution in [0.5, 0.6) is 0 Å². The van der Waals surface area contributed by atoms with Crippen LogP contribution in [0.3, 0.4) is 0 Å². The Morgan fingerprint density at radius 3 is 2.56 bits per heavy atom. The van der Waals surface area contributed by atoms with Crippen molar-refractivity contribution in [1.82, 2.24) is 35.3 Å². The number of benzene rings is 1. The van der Waals surface area contributed by atoms with Crippen molar-refractivity contribution in [3.63, 3.8) is 0 Å². The van der Waals surface area contributed by atoms with Gasteiger partial charge in [0.25, 0.3) is 5.91 Å². The Bertz CT molecular complexity index is 1360. The number of aliphatic hydroxyl groups excluding tert-OH is 2. The van der Waals surface area contributed by atoms with Crippen LogP contribution < -0.4 is 10.6 Å². The zero-order valence-corrected chi connectivity index (χ0v) is 23.3. The maximum Gasteiger partial charge on any atom is 0.254 e. The van der Waals surface area contributed by atoms with Crippen LogP contribution >= 0.6 is 0 Å². The molecule has 1 aromatic heterocycles. The summed E-state index contributed by atoms with van der Waals surface area (Å²) in [4.78, 5) is 66.1. The highest BCUT2D eigenvalue weighted by Crippen LogP contribution is 2.27. The van der Waals surface area contributed by atoms with Crippen molar-refractivity contribution in [1.29, 1.82) is 0 Å². The van der Waals surface area contributed by atoms with E-state index in [9.17, 15) is 33.8 Å². The summed E-state index contributed by atoms with van der Waals surface area (Å²) in [5, 5.41) is 26.8. The fourth-order valence-electron chi connectivity index (χ4n) is 6.39. The first-order valence-corrected chi connectivity index (χ1v) is 14.3. The predicted octanol–water partition coefficient (Wildman–Crippen LogP) is -2.03. The Labute approximate surface area is 246 Å². The Morgan fingerprint density at radius 1 is 1.05 bits per heavy atom. The number of carbonyl (C=O) groups is 4. The fourth-order valence-corrected chi connectivity index (χ4v) is 6.39. The van der Waals surface area contributed by atoms with Crippen LogP contribution in [0.25, 0.3) is 0 Å². The van der Waals surface area contributed by atoms with E-state index in [1.165, 1.54) is 17.0 Å². The van der Waals surface area contributed by atoms with Crippen LogP contribution in [0.4, 0.5) is 4.39 Å². The minimum atomic E-state index is -1.35. The maximum absolute atomic E-state index is 14.0. The van der Waals surface area contributed by atoms with Crippen LogP contribution in [0.1, 0.15) is 29.0 Å². The van der Waals surface area contributed by atoms with Crippen LogP contribution in [0.15, 0.2) is 36.7 Å². The lowest BCUT2D eigenvalue weighted by Crippen LogP contribution is -2.63. The van der Waals surface area contributed by atoms with Gasteiger partial charge < -0.3 is 40.4 Å². The maximum atomic E-state index is 14.0. The summed E-state index contributed by atoms with van der Waals surface area (Å²) in [6.07, 6.45) is -1.32. The molecule has 43 heavy (non-hydrogen) atoms. The average molecular weight is 600 g/mol. The third-order valence-corrected chi connectivity index (χ3v) is 8.63. The van der Waals surface area contributed by atoms with Crippen molar-refractivity contribution in [2.45, 2.75) is 61.9 Å². The van der Waals surface area contributed by atoms with Gasteiger partial charge in [-0.15, -0.1) is 0 Å². The third kappa shape index (κ3) is 5.98. The molecule has 230 valence electrons. The molecule has 7 atom stereocenters. The van der Waals surface area contributed by atoms with Gasteiger partial charge in [-0.2, -0.15) is 0 Å². The van der Waals surface area contributed by atoms with Gasteiger partial charge in [-0.05, 0) is 30.7 Å². The molecule has 14 nitrogen and oxygen atoms in total. The number of carbonyl (C=O) groups excluding carboxylic acids is 4. The molecule has 4 fully saturated rings. The van der Waals surface area contributed by atoms with Crippen LogP contribution in [-0.4, -0.2) is 134 Å². The molecular formula is C28H34FN7O7. The van der Waals surface area contributed by atoms with Crippen molar-refractivity contribution in [3.8, 4) is 0 Å². The molecule has 4 amide bonds. The first-order valence-electron chi connectivity index (χ1n) is 14.3. The first-order chi connectivity index (χ1) is 20.7. The van der Waals surface area contributed by atoms with E-state index >= 15 is 0 Å². The van der Waals surface area contributed by atoms with Gasteiger partial charge in [0.2, 0.25) is 17.7 Å². The number of hydrogen-bond acceptors (Lipinski definition) is 9. The van der Waals surface area contributed by atoms with Gasteiger partial charge in [-0.3, -0.25) is 24.1 Å². The van der Waals surface area contributed by atoms with Crippen molar-refractivity contribution in [3.05, 3.63) is 53.9 Å². The van der Waals surface area contributed by atoms with E-state index in [4.69, 9.17) is 4.74 Å². The van der Waals surface area contributed by atoms with Gasteiger partial charge in [-0.1, -0.05) is 0 Å². The number of piperazine rings is 1. The SMILES string of the molecule is O=C1C[C@@H]2O[C@H](CNC(=O)[C@@H]3CN(CCN3C(=O)c3ccc(F)cc3)C(=O)[C@@H]3C[C@@H](CN3Cc3ncc[nH]3)N1)[C@@H](O)[C@H]2O. The predicted molar refractivity (Wildman–Crippen MR) is 145 cm³/mol. The number of ether oxygens (including phenoxy) is 1. The summed E-state index contributed by atoms with van der Waals surface area (Å²) in [5.41, 5.74) is 0.195. The molecule has 6 bridgehead atoms. The lowest BCUT2D eigenvalue weighted by Gasteiger charge is -2.42. The quantitative estimate of drug-likeness (QED) is 0.266. The molecule has 0 radical (unpaired) electrons. The summed E-state index contributed by atoms with van der Waals surface area (Å²) in [7, 11) is 0.